The van der Waals surface area contributed by atoms with Gasteiger partial charge in [0, 0.05) is 12.5 Å². The molecule has 0 aromatic rings. The highest BCUT2D eigenvalue weighted by Gasteiger charge is 2.63. The van der Waals surface area contributed by atoms with Crippen LogP contribution in [0.3, 0.4) is 0 Å². The number of cyclic esters (lactones) is 1. The number of aliphatic hydroxyl groups excluding tert-OH is 2. The SMILES string of the molecule is CCC(C)[C@@]1([C@]2(C)CC[C@@H](O)C(C)C2)CC2(COC(=O)C2)CO1.CO. The molecule has 3 rings (SSSR count). The fourth-order valence-corrected chi connectivity index (χ4v) is 5.50. The van der Waals surface area contributed by atoms with Crippen molar-refractivity contribution >= 4 is 5.97 Å². The molecule has 1 spiro atoms. The second-order valence-electron chi connectivity index (χ2n) is 8.85. The van der Waals surface area contributed by atoms with Gasteiger partial charge in [0.25, 0.3) is 0 Å². The molecule has 2 heterocycles. The number of hydrogen-bond acceptors (Lipinski definition) is 5. The number of aliphatic hydroxyl groups is 2. The molecule has 1 aliphatic carbocycles. The molecule has 3 unspecified atom stereocenters. The van der Waals surface area contributed by atoms with Crippen LogP contribution in [0.15, 0.2) is 0 Å². The van der Waals surface area contributed by atoms with E-state index in [2.05, 4.69) is 27.7 Å². The largest absolute Gasteiger partial charge is 0.465 e. The Kier molecular flexibility index (Phi) is 6.22. The van der Waals surface area contributed by atoms with Gasteiger partial charge in [-0.15, -0.1) is 0 Å². The first-order valence-electron chi connectivity index (χ1n) is 9.68. The highest BCUT2D eigenvalue weighted by Crippen LogP contribution is 2.60. The third kappa shape index (κ3) is 3.47. The smallest absolute Gasteiger partial charge is 0.306 e. The molecule has 0 radical (unpaired) electrons. The fraction of sp³-hybridized carbons (Fsp3) is 0.950. The predicted octanol–water partition coefficient (Wildman–Crippen LogP) is 2.92. The van der Waals surface area contributed by atoms with Gasteiger partial charge in [-0.05, 0) is 42.9 Å². The Morgan fingerprint density at radius 1 is 1.32 bits per heavy atom. The normalized spacial score (nSPS) is 45.0. The topological polar surface area (TPSA) is 76.0 Å². The van der Waals surface area contributed by atoms with Gasteiger partial charge in [-0.1, -0.05) is 34.1 Å². The zero-order chi connectivity index (χ0) is 18.9. The monoisotopic (exact) mass is 356 g/mol. The van der Waals surface area contributed by atoms with Crippen molar-refractivity contribution in [2.45, 2.75) is 77.9 Å². The molecular formula is C20H36O5. The summed E-state index contributed by atoms with van der Waals surface area (Å²) < 4.78 is 11.9. The van der Waals surface area contributed by atoms with Crippen LogP contribution in [0.1, 0.15) is 66.2 Å². The van der Waals surface area contributed by atoms with E-state index in [1.807, 2.05) is 0 Å². The molecule has 5 nitrogen and oxygen atoms in total. The Labute approximate surface area is 152 Å². The van der Waals surface area contributed by atoms with E-state index >= 15 is 0 Å². The van der Waals surface area contributed by atoms with Gasteiger partial charge in [-0.3, -0.25) is 4.79 Å². The van der Waals surface area contributed by atoms with Crippen molar-refractivity contribution in [3.8, 4) is 0 Å². The van der Waals surface area contributed by atoms with Gasteiger partial charge in [-0.2, -0.15) is 0 Å². The first-order valence-corrected chi connectivity index (χ1v) is 9.68. The lowest BCUT2D eigenvalue weighted by Crippen LogP contribution is -2.54. The third-order valence-electron chi connectivity index (χ3n) is 7.18. The summed E-state index contributed by atoms with van der Waals surface area (Å²) in [5.41, 5.74) is -0.275. The first-order chi connectivity index (χ1) is 11.8. The van der Waals surface area contributed by atoms with E-state index in [4.69, 9.17) is 14.6 Å². The van der Waals surface area contributed by atoms with Crippen LogP contribution in [0, 0.1) is 22.7 Å². The molecule has 25 heavy (non-hydrogen) atoms. The minimum absolute atomic E-state index is 0.0518. The van der Waals surface area contributed by atoms with Crippen LogP contribution in [-0.2, 0) is 14.3 Å². The summed E-state index contributed by atoms with van der Waals surface area (Å²) in [4.78, 5) is 11.7. The molecule has 6 atom stereocenters. The van der Waals surface area contributed by atoms with E-state index < -0.39 is 0 Å². The summed E-state index contributed by atoms with van der Waals surface area (Å²) in [6.07, 6.45) is 5.12. The maximum absolute atomic E-state index is 11.7. The van der Waals surface area contributed by atoms with Crippen LogP contribution in [-0.4, -0.2) is 48.2 Å². The minimum Gasteiger partial charge on any atom is -0.465 e. The zero-order valence-corrected chi connectivity index (χ0v) is 16.5. The highest BCUT2D eigenvalue weighted by atomic mass is 16.6. The van der Waals surface area contributed by atoms with Gasteiger partial charge in [0.1, 0.15) is 0 Å². The predicted molar refractivity (Wildman–Crippen MR) is 96.0 cm³/mol. The number of carbonyl (C=O) groups is 1. The van der Waals surface area contributed by atoms with Crippen LogP contribution in [0.2, 0.25) is 0 Å². The van der Waals surface area contributed by atoms with Gasteiger partial charge in [-0.25, -0.2) is 0 Å². The molecule has 0 bridgehead atoms. The van der Waals surface area contributed by atoms with Crippen molar-refractivity contribution in [3.63, 3.8) is 0 Å². The standard InChI is InChI=1S/C19H32O4.CH4O/c1-5-14(3)19(17(4)7-6-15(20)13(2)8-17)10-18(12-23-19)9-16(21)22-11-18;1-2/h13-15,20H,5-12H2,1-4H3;2H,1H3/t13?,14?,15-,17-,18?,19-;/m1./s1. The summed E-state index contributed by atoms with van der Waals surface area (Å²) in [6, 6.07) is 0. The lowest BCUT2D eigenvalue weighted by molar-refractivity contribution is -0.160. The maximum Gasteiger partial charge on any atom is 0.306 e. The Balaban J connectivity index is 0.00000109. The van der Waals surface area contributed by atoms with Crippen LogP contribution in [0.4, 0.5) is 0 Å². The zero-order valence-electron chi connectivity index (χ0n) is 16.5. The molecule has 2 aliphatic heterocycles. The fourth-order valence-electron chi connectivity index (χ4n) is 5.50. The van der Waals surface area contributed by atoms with Crippen molar-refractivity contribution in [1.82, 2.24) is 0 Å². The summed E-state index contributed by atoms with van der Waals surface area (Å²) in [5.74, 6) is 0.660. The summed E-state index contributed by atoms with van der Waals surface area (Å²) in [6.45, 7) is 10.2. The van der Waals surface area contributed by atoms with Crippen molar-refractivity contribution < 1.29 is 24.5 Å². The van der Waals surface area contributed by atoms with Crippen LogP contribution in [0.5, 0.6) is 0 Å². The molecule has 2 N–H and O–H groups in total. The maximum atomic E-state index is 11.7. The van der Waals surface area contributed by atoms with Gasteiger partial charge in [0.05, 0.1) is 31.3 Å². The van der Waals surface area contributed by atoms with E-state index in [0.29, 0.717) is 31.5 Å². The Hall–Kier alpha value is -0.650. The Morgan fingerprint density at radius 3 is 2.52 bits per heavy atom. The number of carbonyl (C=O) groups excluding carboxylic acids is 1. The van der Waals surface area contributed by atoms with Crippen LogP contribution in [0.25, 0.3) is 0 Å². The lowest BCUT2D eigenvalue weighted by atomic mass is 9.55. The average molecular weight is 357 g/mol. The molecule has 0 amide bonds. The average Bonchev–Trinajstić information content (AvgIpc) is 3.17. The Morgan fingerprint density at radius 2 is 2.00 bits per heavy atom. The molecule has 0 aromatic heterocycles. The van der Waals surface area contributed by atoms with Gasteiger partial charge in [0.15, 0.2) is 0 Å². The molecule has 1 saturated carbocycles. The highest BCUT2D eigenvalue weighted by molar-refractivity contribution is 5.72. The molecule has 5 heteroatoms. The third-order valence-corrected chi connectivity index (χ3v) is 7.18. The second kappa shape index (κ2) is 7.53. The molecular weight excluding hydrogens is 320 g/mol. The number of esters is 1. The summed E-state index contributed by atoms with van der Waals surface area (Å²) in [5, 5.41) is 17.2. The number of hydrogen-bond donors (Lipinski definition) is 2. The number of ether oxygens (including phenoxy) is 2. The summed E-state index contributed by atoms with van der Waals surface area (Å²) in [7, 11) is 1.00. The van der Waals surface area contributed by atoms with Gasteiger partial charge in [0.2, 0.25) is 0 Å². The molecule has 146 valence electrons. The van der Waals surface area contributed by atoms with Crippen molar-refractivity contribution in [2.75, 3.05) is 20.3 Å². The van der Waals surface area contributed by atoms with Gasteiger partial charge >= 0.3 is 5.97 Å². The lowest BCUT2D eigenvalue weighted by Gasteiger charge is -2.54. The van der Waals surface area contributed by atoms with E-state index in [-0.39, 0.29) is 28.5 Å². The van der Waals surface area contributed by atoms with Crippen molar-refractivity contribution in [1.29, 1.82) is 0 Å². The molecule has 3 aliphatic rings. The Bertz CT molecular complexity index is 481. The van der Waals surface area contributed by atoms with Crippen molar-refractivity contribution in [2.24, 2.45) is 22.7 Å². The second-order valence-corrected chi connectivity index (χ2v) is 8.85. The van der Waals surface area contributed by atoms with E-state index in [1.54, 1.807) is 0 Å². The van der Waals surface area contributed by atoms with E-state index in [0.717, 1.165) is 39.2 Å². The van der Waals surface area contributed by atoms with Crippen LogP contribution < -0.4 is 0 Å². The summed E-state index contributed by atoms with van der Waals surface area (Å²) >= 11 is 0. The molecule has 2 saturated heterocycles. The minimum atomic E-state index is -0.204. The molecule has 0 aromatic carbocycles. The number of rotatable bonds is 3. The van der Waals surface area contributed by atoms with E-state index in [1.165, 1.54) is 0 Å². The van der Waals surface area contributed by atoms with Crippen molar-refractivity contribution in [3.05, 3.63) is 0 Å². The quantitative estimate of drug-likeness (QED) is 0.761. The first kappa shape index (κ1) is 20.7. The van der Waals surface area contributed by atoms with Crippen LogP contribution >= 0.6 is 0 Å². The van der Waals surface area contributed by atoms with Gasteiger partial charge < -0.3 is 19.7 Å². The molecule has 3 fully saturated rings. The van der Waals surface area contributed by atoms with E-state index in [9.17, 15) is 9.90 Å².